The molecule has 17 heavy (non-hydrogen) atoms. The number of anilines is 1. The molecule has 92 valence electrons. The molecule has 2 rings (SSSR count). The van der Waals surface area contributed by atoms with Gasteiger partial charge in [-0.15, -0.1) is 0 Å². The Bertz CT molecular complexity index is 393. The zero-order chi connectivity index (χ0) is 12.1. The molecule has 0 radical (unpaired) electrons. The van der Waals surface area contributed by atoms with Crippen LogP contribution in [0.4, 0.5) is 5.82 Å². The van der Waals surface area contributed by atoms with E-state index in [1.165, 1.54) is 25.2 Å². The summed E-state index contributed by atoms with van der Waals surface area (Å²) in [5.41, 5.74) is -0.0612. The van der Waals surface area contributed by atoms with Crippen LogP contribution in [0.5, 0.6) is 0 Å². The highest BCUT2D eigenvalue weighted by molar-refractivity contribution is 5.85. The molecule has 0 aliphatic heterocycles. The van der Waals surface area contributed by atoms with Crippen LogP contribution in [-0.4, -0.2) is 40.8 Å². The van der Waals surface area contributed by atoms with E-state index < -0.39 is 5.97 Å². The summed E-state index contributed by atoms with van der Waals surface area (Å²) >= 11 is 0. The van der Waals surface area contributed by atoms with E-state index in [1.54, 1.807) is 0 Å². The smallest absolute Gasteiger partial charge is 0.356 e. The van der Waals surface area contributed by atoms with Gasteiger partial charge in [0.1, 0.15) is 5.82 Å². The van der Waals surface area contributed by atoms with Crippen molar-refractivity contribution in [1.82, 2.24) is 9.97 Å². The van der Waals surface area contributed by atoms with Gasteiger partial charge in [-0.1, -0.05) is 0 Å². The minimum atomic E-state index is -1.08. The molecule has 1 aromatic rings. The van der Waals surface area contributed by atoms with Crippen molar-refractivity contribution in [3.63, 3.8) is 0 Å². The number of carboxylic acids is 1. The maximum atomic E-state index is 10.7. The molecule has 1 fully saturated rings. The Balaban J connectivity index is 1.70. The number of carbonyl (C=O) groups is 1. The van der Waals surface area contributed by atoms with Crippen LogP contribution in [0.2, 0.25) is 0 Å². The topological polar surface area (TPSA) is 84.3 Å². The van der Waals surface area contributed by atoms with Crippen molar-refractivity contribution < 1.29 is 14.6 Å². The first-order chi connectivity index (χ1) is 8.25. The molecule has 6 nitrogen and oxygen atoms in total. The highest BCUT2D eigenvalue weighted by atomic mass is 16.5. The fourth-order valence-corrected chi connectivity index (χ4v) is 1.34. The molecule has 0 unspecified atom stereocenters. The molecular weight excluding hydrogens is 222 g/mol. The van der Waals surface area contributed by atoms with E-state index in [4.69, 9.17) is 9.84 Å². The molecule has 1 aliphatic carbocycles. The predicted molar refractivity (Wildman–Crippen MR) is 61.0 cm³/mol. The summed E-state index contributed by atoms with van der Waals surface area (Å²) < 4.78 is 5.43. The van der Waals surface area contributed by atoms with Crippen molar-refractivity contribution in [2.75, 3.05) is 25.1 Å². The van der Waals surface area contributed by atoms with E-state index in [1.807, 2.05) is 0 Å². The van der Waals surface area contributed by atoms with E-state index in [9.17, 15) is 4.79 Å². The molecule has 2 N–H and O–H groups in total. The summed E-state index contributed by atoms with van der Waals surface area (Å²) in [4.78, 5) is 18.3. The minimum Gasteiger partial charge on any atom is -0.476 e. The normalized spacial score (nSPS) is 14.6. The monoisotopic (exact) mass is 237 g/mol. The predicted octanol–water partition coefficient (Wildman–Crippen LogP) is 1.01. The van der Waals surface area contributed by atoms with Crippen molar-refractivity contribution in [2.24, 2.45) is 5.92 Å². The van der Waals surface area contributed by atoms with Crippen molar-refractivity contribution in [2.45, 2.75) is 12.8 Å². The molecule has 0 aromatic carbocycles. The Kier molecular flexibility index (Phi) is 3.87. The SMILES string of the molecule is O=C(O)c1cncc(NCCOCC2CC2)n1. The van der Waals surface area contributed by atoms with Gasteiger partial charge >= 0.3 is 5.97 Å². The lowest BCUT2D eigenvalue weighted by molar-refractivity contribution is 0.0690. The van der Waals surface area contributed by atoms with E-state index in [0.717, 1.165) is 12.5 Å². The number of nitrogens with one attached hydrogen (secondary N) is 1. The Morgan fingerprint density at radius 3 is 3.06 bits per heavy atom. The first-order valence-corrected chi connectivity index (χ1v) is 5.62. The van der Waals surface area contributed by atoms with E-state index in [-0.39, 0.29) is 5.69 Å². The van der Waals surface area contributed by atoms with Gasteiger partial charge in [-0.05, 0) is 18.8 Å². The van der Waals surface area contributed by atoms with Crippen LogP contribution in [0, 0.1) is 5.92 Å². The number of ether oxygens (including phenoxy) is 1. The molecule has 1 aromatic heterocycles. The number of aromatic carboxylic acids is 1. The van der Waals surface area contributed by atoms with Gasteiger partial charge < -0.3 is 15.2 Å². The van der Waals surface area contributed by atoms with Crippen LogP contribution in [0.25, 0.3) is 0 Å². The van der Waals surface area contributed by atoms with Crippen LogP contribution in [0.1, 0.15) is 23.3 Å². The second-order valence-electron chi connectivity index (χ2n) is 4.04. The van der Waals surface area contributed by atoms with Gasteiger partial charge in [0.15, 0.2) is 5.69 Å². The average molecular weight is 237 g/mol. The largest absolute Gasteiger partial charge is 0.476 e. The van der Waals surface area contributed by atoms with Crippen LogP contribution < -0.4 is 5.32 Å². The quantitative estimate of drug-likeness (QED) is 0.688. The fourth-order valence-electron chi connectivity index (χ4n) is 1.34. The van der Waals surface area contributed by atoms with Crippen molar-refractivity contribution in [3.8, 4) is 0 Å². The summed E-state index contributed by atoms with van der Waals surface area (Å²) in [5.74, 6) is 0.135. The Morgan fingerprint density at radius 2 is 2.35 bits per heavy atom. The first-order valence-electron chi connectivity index (χ1n) is 5.62. The van der Waals surface area contributed by atoms with Gasteiger partial charge in [-0.3, -0.25) is 4.98 Å². The number of hydrogen-bond donors (Lipinski definition) is 2. The summed E-state index contributed by atoms with van der Waals surface area (Å²) in [6.07, 6.45) is 5.27. The van der Waals surface area contributed by atoms with Crippen molar-refractivity contribution in [1.29, 1.82) is 0 Å². The van der Waals surface area contributed by atoms with Crippen LogP contribution in [-0.2, 0) is 4.74 Å². The van der Waals surface area contributed by atoms with Gasteiger partial charge in [-0.2, -0.15) is 0 Å². The summed E-state index contributed by atoms with van der Waals surface area (Å²) in [7, 11) is 0. The van der Waals surface area contributed by atoms with Crippen LogP contribution in [0.15, 0.2) is 12.4 Å². The molecule has 1 aliphatic rings. The van der Waals surface area contributed by atoms with Gasteiger partial charge in [-0.25, -0.2) is 9.78 Å². The van der Waals surface area contributed by atoms with E-state index in [0.29, 0.717) is 19.0 Å². The molecule has 6 heteroatoms. The Hall–Kier alpha value is -1.69. The van der Waals surface area contributed by atoms with Crippen molar-refractivity contribution in [3.05, 3.63) is 18.1 Å². The molecular formula is C11H15N3O3. The summed E-state index contributed by atoms with van der Waals surface area (Å²) in [6.45, 7) is 2.02. The van der Waals surface area contributed by atoms with Gasteiger partial charge in [0.2, 0.25) is 0 Å². The lowest BCUT2D eigenvalue weighted by Crippen LogP contribution is -2.13. The lowest BCUT2D eigenvalue weighted by atomic mass is 10.4. The highest BCUT2D eigenvalue weighted by Gasteiger charge is 2.20. The van der Waals surface area contributed by atoms with Gasteiger partial charge in [0, 0.05) is 13.2 Å². The Labute approximate surface area is 99.0 Å². The molecule has 0 spiro atoms. The molecule has 0 atom stereocenters. The lowest BCUT2D eigenvalue weighted by Gasteiger charge is -2.06. The third-order valence-corrected chi connectivity index (χ3v) is 2.46. The van der Waals surface area contributed by atoms with Gasteiger partial charge in [0.05, 0.1) is 19.0 Å². The fraction of sp³-hybridized carbons (Fsp3) is 0.545. The second-order valence-corrected chi connectivity index (χ2v) is 4.04. The second kappa shape index (κ2) is 5.58. The molecule has 0 amide bonds. The van der Waals surface area contributed by atoms with Crippen LogP contribution >= 0.6 is 0 Å². The van der Waals surface area contributed by atoms with Crippen LogP contribution in [0.3, 0.4) is 0 Å². The maximum Gasteiger partial charge on any atom is 0.356 e. The molecule has 1 heterocycles. The average Bonchev–Trinajstić information content (AvgIpc) is 3.13. The van der Waals surface area contributed by atoms with Crippen molar-refractivity contribution >= 4 is 11.8 Å². The molecule has 0 saturated heterocycles. The number of nitrogens with zero attached hydrogens (tertiary/aromatic N) is 2. The number of rotatable bonds is 7. The Morgan fingerprint density at radius 1 is 1.53 bits per heavy atom. The number of aromatic nitrogens is 2. The third kappa shape index (κ3) is 3.99. The molecule has 0 bridgehead atoms. The van der Waals surface area contributed by atoms with E-state index in [2.05, 4.69) is 15.3 Å². The standard InChI is InChI=1S/C11H15N3O3/c15-11(16)9-5-12-6-10(14-9)13-3-4-17-7-8-1-2-8/h5-6,8H,1-4,7H2,(H,13,14)(H,15,16). The highest BCUT2D eigenvalue weighted by Crippen LogP contribution is 2.28. The van der Waals surface area contributed by atoms with Gasteiger partial charge in [0.25, 0.3) is 0 Å². The molecule has 1 saturated carbocycles. The zero-order valence-corrected chi connectivity index (χ0v) is 9.43. The summed E-state index contributed by atoms with van der Waals surface area (Å²) in [5, 5.41) is 11.7. The first kappa shape index (κ1) is 11.8. The summed E-state index contributed by atoms with van der Waals surface area (Å²) in [6, 6.07) is 0. The zero-order valence-electron chi connectivity index (χ0n) is 9.43. The minimum absolute atomic E-state index is 0.0612. The van der Waals surface area contributed by atoms with E-state index >= 15 is 0 Å². The maximum absolute atomic E-state index is 10.7. The number of carboxylic acid groups (broad SMARTS) is 1. The number of hydrogen-bond acceptors (Lipinski definition) is 5. The third-order valence-electron chi connectivity index (χ3n) is 2.46.